The van der Waals surface area contributed by atoms with E-state index in [9.17, 15) is 9.59 Å². The molecule has 1 aliphatic rings. The second kappa shape index (κ2) is 8.03. The molecule has 138 valence electrons. The number of likely N-dealkylation sites (tertiary alicyclic amines) is 1. The molecule has 0 N–H and O–H groups in total. The van der Waals surface area contributed by atoms with E-state index in [1.807, 2.05) is 31.2 Å². The molecule has 7 nitrogen and oxygen atoms in total. The molecule has 0 radical (unpaired) electrons. The van der Waals surface area contributed by atoms with Crippen LogP contribution in [0.5, 0.6) is 5.75 Å². The Labute approximate surface area is 152 Å². The van der Waals surface area contributed by atoms with Gasteiger partial charge in [0, 0.05) is 50.9 Å². The Morgan fingerprint density at radius 1 is 1.27 bits per heavy atom. The van der Waals surface area contributed by atoms with Gasteiger partial charge in [-0.2, -0.15) is 0 Å². The summed E-state index contributed by atoms with van der Waals surface area (Å²) in [4.78, 5) is 29.8. The van der Waals surface area contributed by atoms with Crippen LogP contribution >= 0.6 is 0 Å². The van der Waals surface area contributed by atoms with Crippen LogP contribution in [0.15, 0.2) is 41.3 Å². The number of pyridine rings is 2. The van der Waals surface area contributed by atoms with Crippen LogP contribution in [0.1, 0.15) is 24.2 Å². The normalized spacial score (nSPS) is 14.9. The summed E-state index contributed by atoms with van der Waals surface area (Å²) in [7, 11) is 1.73. The van der Waals surface area contributed by atoms with E-state index in [4.69, 9.17) is 9.47 Å². The number of aryl methyl sites for hydroxylation is 1. The Morgan fingerprint density at radius 3 is 2.69 bits per heavy atom. The molecule has 2 aromatic rings. The predicted molar refractivity (Wildman–Crippen MR) is 96.1 cm³/mol. The van der Waals surface area contributed by atoms with Crippen molar-refractivity contribution in [2.45, 2.75) is 32.5 Å². The minimum Gasteiger partial charge on any atom is -0.490 e. The minimum absolute atomic E-state index is 0.0126. The van der Waals surface area contributed by atoms with Crippen molar-refractivity contribution in [2.75, 3.05) is 13.1 Å². The number of aromatic nitrogens is 2. The first-order chi connectivity index (χ1) is 12.5. The zero-order valence-electron chi connectivity index (χ0n) is 15.1. The molecule has 7 heteroatoms. The Balaban J connectivity index is 1.48. The van der Waals surface area contributed by atoms with Crippen LogP contribution in [-0.2, 0) is 18.4 Å². The van der Waals surface area contributed by atoms with Gasteiger partial charge in [0.25, 0.3) is 5.56 Å². The number of carbonyl (C=O) groups is 1. The van der Waals surface area contributed by atoms with Gasteiger partial charge in [0.15, 0.2) is 0 Å². The molecule has 0 saturated carbocycles. The maximum Gasteiger partial charge on any atom is 0.410 e. The maximum atomic E-state index is 12.2. The fraction of sp³-hybridized carbons (Fsp3) is 0.421. The van der Waals surface area contributed by atoms with E-state index in [2.05, 4.69) is 4.98 Å². The lowest BCUT2D eigenvalue weighted by molar-refractivity contribution is 0.0631. The summed E-state index contributed by atoms with van der Waals surface area (Å²) in [5, 5.41) is 0. The molecule has 26 heavy (non-hydrogen) atoms. The quantitative estimate of drug-likeness (QED) is 0.839. The second-order valence-corrected chi connectivity index (χ2v) is 6.41. The van der Waals surface area contributed by atoms with Gasteiger partial charge < -0.3 is 18.9 Å². The molecule has 1 saturated heterocycles. The number of ether oxygens (including phenoxy) is 2. The largest absolute Gasteiger partial charge is 0.490 e. The van der Waals surface area contributed by atoms with Crippen LogP contribution in [0, 0.1) is 6.92 Å². The summed E-state index contributed by atoms with van der Waals surface area (Å²) in [5.41, 5.74) is 1.48. The van der Waals surface area contributed by atoms with Gasteiger partial charge in [0.2, 0.25) is 0 Å². The first kappa shape index (κ1) is 18.0. The Bertz CT molecular complexity index is 811. The fourth-order valence-electron chi connectivity index (χ4n) is 2.86. The lowest BCUT2D eigenvalue weighted by Crippen LogP contribution is -2.42. The number of hydrogen-bond donors (Lipinski definition) is 0. The summed E-state index contributed by atoms with van der Waals surface area (Å²) < 4.78 is 12.8. The Morgan fingerprint density at radius 2 is 2.04 bits per heavy atom. The van der Waals surface area contributed by atoms with Crippen LogP contribution in [0.4, 0.5) is 4.79 Å². The van der Waals surface area contributed by atoms with Crippen LogP contribution in [0.25, 0.3) is 0 Å². The van der Waals surface area contributed by atoms with Crippen molar-refractivity contribution < 1.29 is 14.3 Å². The van der Waals surface area contributed by atoms with Crippen LogP contribution in [-0.4, -0.2) is 39.7 Å². The van der Waals surface area contributed by atoms with Crippen molar-refractivity contribution in [1.82, 2.24) is 14.5 Å². The van der Waals surface area contributed by atoms with E-state index in [1.165, 1.54) is 6.07 Å². The molecule has 2 aromatic heterocycles. The summed E-state index contributed by atoms with van der Waals surface area (Å²) in [6.07, 6.45) is 2.73. The van der Waals surface area contributed by atoms with E-state index in [-0.39, 0.29) is 24.4 Å². The number of amides is 1. The second-order valence-electron chi connectivity index (χ2n) is 6.41. The van der Waals surface area contributed by atoms with E-state index >= 15 is 0 Å². The van der Waals surface area contributed by atoms with Crippen molar-refractivity contribution in [3.63, 3.8) is 0 Å². The van der Waals surface area contributed by atoms with Gasteiger partial charge in [-0.3, -0.25) is 9.78 Å². The minimum atomic E-state index is -0.335. The zero-order valence-corrected chi connectivity index (χ0v) is 15.1. The van der Waals surface area contributed by atoms with E-state index in [1.54, 1.807) is 22.7 Å². The molecule has 3 rings (SSSR count). The maximum absolute atomic E-state index is 12.2. The molecule has 0 unspecified atom stereocenters. The molecule has 0 atom stereocenters. The van der Waals surface area contributed by atoms with Gasteiger partial charge in [0.1, 0.15) is 18.5 Å². The summed E-state index contributed by atoms with van der Waals surface area (Å²) >= 11 is 0. The number of nitrogens with zero attached hydrogens (tertiary/aromatic N) is 3. The number of piperidine rings is 1. The predicted octanol–water partition coefficient (Wildman–Crippen LogP) is 2.27. The number of rotatable bonds is 4. The average Bonchev–Trinajstić information content (AvgIpc) is 2.65. The molecular weight excluding hydrogens is 334 g/mol. The fourth-order valence-corrected chi connectivity index (χ4v) is 2.86. The number of carbonyl (C=O) groups excluding carboxylic acids is 1. The highest BCUT2D eigenvalue weighted by atomic mass is 16.6. The standard InChI is InChI=1S/C19H23N3O4/c1-14-11-17(12-18(23)21(14)2)26-16-6-9-22(10-7-16)19(24)25-13-15-5-3-4-8-20-15/h3-5,8,11-12,16H,6-7,9-10,13H2,1-2H3. The summed E-state index contributed by atoms with van der Waals surface area (Å²) in [6.45, 7) is 3.17. The molecule has 0 aromatic carbocycles. The van der Waals surface area contributed by atoms with Gasteiger partial charge in [-0.05, 0) is 25.1 Å². The molecule has 3 heterocycles. The van der Waals surface area contributed by atoms with Crippen LogP contribution in [0.3, 0.4) is 0 Å². The monoisotopic (exact) mass is 357 g/mol. The number of hydrogen-bond acceptors (Lipinski definition) is 5. The summed E-state index contributed by atoms with van der Waals surface area (Å²) in [5.74, 6) is 0.585. The lowest BCUT2D eigenvalue weighted by Gasteiger charge is -2.31. The molecule has 1 aliphatic heterocycles. The van der Waals surface area contributed by atoms with Crippen molar-refractivity contribution in [3.8, 4) is 5.75 Å². The van der Waals surface area contributed by atoms with Crippen LogP contribution in [0.2, 0.25) is 0 Å². The Kier molecular flexibility index (Phi) is 5.55. The van der Waals surface area contributed by atoms with Crippen molar-refractivity contribution in [1.29, 1.82) is 0 Å². The molecular formula is C19H23N3O4. The summed E-state index contributed by atoms with van der Waals surface area (Å²) in [6, 6.07) is 8.85. The van der Waals surface area contributed by atoms with Gasteiger partial charge in [-0.1, -0.05) is 6.07 Å². The first-order valence-corrected chi connectivity index (χ1v) is 8.69. The molecule has 1 fully saturated rings. The van der Waals surface area contributed by atoms with E-state index in [0.29, 0.717) is 31.7 Å². The third-order valence-corrected chi connectivity index (χ3v) is 4.55. The van der Waals surface area contributed by atoms with E-state index in [0.717, 1.165) is 11.4 Å². The van der Waals surface area contributed by atoms with Gasteiger partial charge in [-0.25, -0.2) is 4.79 Å². The first-order valence-electron chi connectivity index (χ1n) is 8.69. The van der Waals surface area contributed by atoms with Gasteiger partial charge in [0.05, 0.1) is 5.69 Å². The molecule has 0 spiro atoms. The Hall–Kier alpha value is -2.83. The molecule has 1 amide bonds. The highest BCUT2D eigenvalue weighted by molar-refractivity contribution is 5.67. The van der Waals surface area contributed by atoms with E-state index < -0.39 is 0 Å². The molecule has 0 bridgehead atoms. The lowest BCUT2D eigenvalue weighted by atomic mass is 10.1. The van der Waals surface area contributed by atoms with Crippen molar-refractivity contribution >= 4 is 6.09 Å². The third kappa shape index (κ3) is 4.41. The van der Waals surface area contributed by atoms with Gasteiger partial charge >= 0.3 is 6.09 Å². The average molecular weight is 357 g/mol. The topological polar surface area (TPSA) is 73.7 Å². The van der Waals surface area contributed by atoms with Gasteiger partial charge in [-0.15, -0.1) is 0 Å². The molecule has 0 aliphatic carbocycles. The smallest absolute Gasteiger partial charge is 0.410 e. The SMILES string of the molecule is Cc1cc(OC2CCN(C(=O)OCc3ccccn3)CC2)cc(=O)n1C. The third-order valence-electron chi connectivity index (χ3n) is 4.55. The van der Waals surface area contributed by atoms with Crippen molar-refractivity contribution in [2.24, 2.45) is 7.05 Å². The zero-order chi connectivity index (χ0) is 18.5. The van der Waals surface area contributed by atoms with Crippen LogP contribution < -0.4 is 10.3 Å². The highest BCUT2D eigenvalue weighted by Crippen LogP contribution is 2.19. The highest BCUT2D eigenvalue weighted by Gasteiger charge is 2.25. The van der Waals surface area contributed by atoms with Crippen molar-refractivity contribution in [3.05, 3.63) is 58.3 Å².